The first-order valence-electron chi connectivity index (χ1n) is 6.09. The molecule has 0 aromatic heterocycles. The molecule has 0 bridgehead atoms. The standard InChI is InChI=1S/C14H23P/c1-4-6-7-12-15(5-2)14-10-8-13(3)9-11-14/h8-11H,4-7,12H2,1-3H3. The average Bonchev–Trinajstić information content (AvgIpc) is 2.26. The van der Waals surface area contributed by atoms with Crippen molar-refractivity contribution in [3.05, 3.63) is 29.8 Å². The molecule has 1 rings (SSSR count). The number of hydrogen-bond acceptors (Lipinski definition) is 0. The molecule has 1 unspecified atom stereocenters. The summed E-state index contributed by atoms with van der Waals surface area (Å²) in [6.07, 6.45) is 6.89. The Hall–Kier alpha value is -0.350. The number of unbranched alkanes of at least 4 members (excludes halogenated alkanes) is 2. The topological polar surface area (TPSA) is 0 Å². The summed E-state index contributed by atoms with van der Waals surface area (Å²) in [6, 6.07) is 9.16. The normalized spacial score (nSPS) is 12.7. The predicted octanol–water partition coefficient (Wildman–Crippen LogP) is 4.31. The molecule has 1 heteroatoms. The van der Waals surface area contributed by atoms with Gasteiger partial charge in [-0.15, -0.1) is 0 Å². The molecule has 0 fully saturated rings. The zero-order chi connectivity index (χ0) is 11.1. The molecule has 15 heavy (non-hydrogen) atoms. The van der Waals surface area contributed by atoms with Crippen molar-refractivity contribution < 1.29 is 0 Å². The number of rotatable bonds is 6. The van der Waals surface area contributed by atoms with Crippen LogP contribution in [0.3, 0.4) is 0 Å². The van der Waals surface area contributed by atoms with Crippen LogP contribution >= 0.6 is 7.92 Å². The largest absolute Gasteiger partial charge is 0.0756 e. The molecule has 0 N–H and O–H groups in total. The first-order valence-corrected chi connectivity index (χ1v) is 7.80. The van der Waals surface area contributed by atoms with Crippen LogP contribution in [0.25, 0.3) is 0 Å². The van der Waals surface area contributed by atoms with E-state index in [9.17, 15) is 0 Å². The van der Waals surface area contributed by atoms with Crippen molar-refractivity contribution >= 4 is 13.2 Å². The van der Waals surface area contributed by atoms with E-state index in [1.165, 1.54) is 37.1 Å². The minimum atomic E-state index is 0.122. The lowest BCUT2D eigenvalue weighted by Gasteiger charge is -2.16. The lowest BCUT2D eigenvalue weighted by Crippen LogP contribution is -2.05. The van der Waals surface area contributed by atoms with Gasteiger partial charge in [0.25, 0.3) is 0 Å². The number of aryl methyl sites for hydroxylation is 1. The van der Waals surface area contributed by atoms with E-state index in [0.29, 0.717) is 0 Å². The van der Waals surface area contributed by atoms with Crippen molar-refractivity contribution in [3.63, 3.8) is 0 Å². The molecule has 84 valence electrons. The van der Waals surface area contributed by atoms with E-state index in [4.69, 9.17) is 0 Å². The van der Waals surface area contributed by atoms with Crippen LogP contribution in [0.15, 0.2) is 24.3 Å². The van der Waals surface area contributed by atoms with Crippen LogP contribution in [-0.2, 0) is 0 Å². The van der Waals surface area contributed by atoms with Crippen LogP contribution in [0.1, 0.15) is 38.7 Å². The van der Waals surface area contributed by atoms with E-state index in [0.717, 1.165) is 0 Å². The summed E-state index contributed by atoms with van der Waals surface area (Å²) in [5, 5.41) is 1.59. The molecular formula is C14H23P. The van der Waals surface area contributed by atoms with Gasteiger partial charge in [0.15, 0.2) is 0 Å². The fourth-order valence-electron chi connectivity index (χ4n) is 1.78. The van der Waals surface area contributed by atoms with Crippen molar-refractivity contribution in [2.24, 2.45) is 0 Å². The molecule has 0 saturated heterocycles. The van der Waals surface area contributed by atoms with E-state index in [1.807, 2.05) is 0 Å². The van der Waals surface area contributed by atoms with Crippen molar-refractivity contribution in [1.29, 1.82) is 0 Å². The maximum atomic E-state index is 2.33. The summed E-state index contributed by atoms with van der Waals surface area (Å²) in [7, 11) is 0.122. The Labute approximate surface area is 95.9 Å². The minimum Gasteiger partial charge on any atom is -0.0756 e. The Morgan fingerprint density at radius 3 is 2.20 bits per heavy atom. The summed E-state index contributed by atoms with van der Waals surface area (Å²) in [4.78, 5) is 0. The van der Waals surface area contributed by atoms with Gasteiger partial charge in [0, 0.05) is 0 Å². The van der Waals surface area contributed by atoms with Gasteiger partial charge in [-0.05, 0) is 31.0 Å². The summed E-state index contributed by atoms with van der Waals surface area (Å²) in [6.45, 7) is 6.77. The molecule has 1 aromatic carbocycles. The zero-order valence-electron chi connectivity index (χ0n) is 10.3. The van der Waals surface area contributed by atoms with Crippen molar-refractivity contribution in [1.82, 2.24) is 0 Å². The van der Waals surface area contributed by atoms with Crippen LogP contribution in [0.4, 0.5) is 0 Å². The van der Waals surface area contributed by atoms with E-state index < -0.39 is 0 Å². The molecule has 0 spiro atoms. The third kappa shape index (κ3) is 4.34. The Morgan fingerprint density at radius 2 is 1.67 bits per heavy atom. The molecule has 0 aliphatic carbocycles. The Kier molecular flexibility index (Phi) is 5.95. The highest BCUT2D eigenvalue weighted by Crippen LogP contribution is 2.34. The fraction of sp³-hybridized carbons (Fsp3) is 0.571. The fourth-order valence-corrected chi connectivity index (χ4v) is 3.89. The highest BCUT2D eigenvalue weighted by molar-refractivity contribution is 7.65. The molecule has 0 aliphatic rings. The number of hydrogen-bond donors (Lipinski definition) is 0. The van der Waals surface area contributed by atoms with Gasteiger partial charge in [-0.1, -0.05) is 64.4 Å². The Morgan fingerprint density at radius 1 is 1.00 bits per heavy atom. The molecule has 0 amide bonds. The van der Waals surface area contributed by atoms with E-state index in [-0.39, 0.29) is 7.92 Å². The van der Waals surface area contributed by atoms with Crippen molar-refractivity contribution in [2.45, 2.75) is 40.0 Å². The molecule has 0 nitrogen and oxygen atoms in total. The molecule has 1 aromatic rings. The van der Waals surface area contributed by atoms with Gasteiger partial charge in [0.05, 0.1) is 0 Å². The van der Waals surface area contributed by atoms with Crippen LogP contribution in [0, 0.1) is 6.92 Å². The van der Waals surface area contributed by atoms with Gasteiger partial charge < -0.3 is 0 Å². The van der Waals surface area contributed by atoms with Gasteiger partial charge in [0.1, 0.15) is 0 Å². The molecule has 0 saturated carbocycles. The van der Waals surface area contributed by atoms with Crippen molar-refractivity contribution in [2.75, 3.05) is 12.3 Å². The molecule has 0 heterocycles. The molecular weight excluding hydrogens is 199 g/mol. The molecule has 0 aliphatic heterocycles. The molecule has 0 radical (unpaired) electrons. The van der Waals surface area contributed by atoms with Crippen LogP contribution in [-0.4, -0.2) is 12.3 Å². The third-order valence-electron chi connectivity index (χ3n) is 2.81. The predicted molar refractivity (Wildman–Crippen MR) is 72.7 cm³/mol. The average molecular weight is 222 g/mol. The van der Waals surface area contributed by atoms with E-state index in [2.05, 4.69) is 45.0 Å². The number of benzene rings is 1. The SMILES string of the molecule is CCCCCP(CC)c1ccc(C)cc1. The maximum absolute atomic E-state index is 2.33. The first-order chi connectivity index (χ1) is 7.27. The monoisotopic (exact) mass is 222 g/mol. The minimum absolute atomic E-state index is 0.122. The summed E-state index contributed by atoms with van der Waals surface area (Å²) >= 11 is 0. The van der Waals surface area contributed by atoms with Crippen LogP contribution in [0.5, 0.6) is 0 Å². The highest BCUT2D eigenvalue weighted by Gasteiger charge is 2.07. The smallest absolute Gasteiger partial charge is 0.0240 e. The van der Waals surface area contributed by atoms with E-state index in [1.54, 1.807) is 5.30 Å². The second-order valence-corrected chi connectivity index (χ2v) is 6.80. The quantitative estimate of drug-likeness (QED) is 0.497. The second-order valence-electron chi connectivity index (χ2n) is 4.12. The summed E-state index contributed by atoms with van der Waals surface area (Å²) < 4.78 is 0. The highest BCUT2D eigenvalue weighted by atomic mass is 31.1. The van der Waals surface area contributed by atoms with Gasteiger partial charge in [-0.2, -0.15) is 0 Å². The van der Waals surface area contributed by atoms with Gasteiger partial charge in [-0.3, -0.25) is 0 Å². The maximum Gasteiger partial charge on any atom is -0.0240 e. The first kappa shape index (κ1) is 12.7. The van der Waals surface area contributed by atoms with Gasteiger partial charge in [-0.25, -0.2) is 0 Å². The zero-order valence-corrected chi connectivity index (χ0v) is 11.2. The van der Waals surface area contributed by atoms with Gasteiger partial charge in [0.2, 0.25) is 0 Å². The lowest BCUT2D eigenvalue weighted by atomic mass is 10.2. The molecule has 1 atom stereocenters. The van der Waals surface area contributed by atoms with Gasteiger partial charge >= 0.3 is 0 Å². The second kappa shape index (κ2) is 7.01. The van der Waals surface area contributed by atoms with Crippen LogP contribution in [0.2, 0.25) is 0 Å². The summed E-state index contributed by atoms with van der Waals surface area (Å²) in [5.74, 6) is 0. The van der Waals surface area contributed by atoms with Crippen molar-refractivity contribution in [3.8, 4) is 0 Å². The Bertz CT molecular complexity index is 263. The van der Waals surface area contributed by atoms with Crippen LogP contribution < -0.4 is 5.30 Å². The third-order valence-corrected chi connectivity index (χ3v) is 5.46. The lowest BCUT2D eigenvalue weighted by molar-refractivity contribution is 0.776. The van der Waals surface area contributed by atoms with E-state index >= 15 is 0 Å². The summed E-state index contributed by atoms with van der Waals surface area (Å²) in [5.41, 5.74) is 1.37. The Balaban J connectivity index is 2.53.